The van der Waals surface area contributed by atoms with Crippen LogP contribution < -0.4 is 10.4 Å². The lowest BCUT2D eigenvalue weighted by Crippen LogP contribution is -2.66. The number of aliphatic hydroxyl groups is 1. The Bertz CT molecular complexity index is 618. The molecule has 0 radical (unpaired) electrons. The summed E-state index contributed by atoms with van der Waals surface area (Å²) in [5, 5.41) is 11.8. The van der Waals surface area contributed by atoms with Crippen LogP contribution >= 0.6 is 0 Å². The second-order valence-corrected chi connectivity index (χ2v) is 11.5. The SMILES string of the molecule is CC(=CCO[Si](c1ccccc1)(c1ccccc1)C(C)(C)C)CO. The number of hydrogen-bond donors (Lipinski definition) is 1. The van der Waals surface area contributed by atoms with Crippen molar-refractivity contribution in [3.8, 4) is 0 Å². The molecule has 128 valence electrons. The van der Waals surface area contributed by atoms with Crippen LogP contribution in [0.5, 0.6) is 0 Å². The summed E-state index contributed by atoms with van der Waals surface area (Å²) >= 11 is 0. The highest BCUT2D eigenvalue weighted by Crippen LogP contribution is 2.36. The Morgan fingerprint density at radius 3 is 1.79 bits per heavy atom. The molecule has 0 saturated heterocycles. The van der Waals surface area contributed by atoms with Crippen LogP contribution in [0.15, 0.2) is 72.3 Å². The van der Waals surface area contributed by atoms with Gasteiger partial charge in [0.25, 0.3) is 8.32 Å². The van der Waals surface area contributed by atoms with E-state index in [0.29, 0.717) is 6.61 Å². The largest absolute Gasteiger partial charge is 0.404 e. The third-order valence-corrected chi connectivity index (χ3v) is 9.40. The average Bonchev–Trinajstić information content (AvgIpc) is 2.59. The summed E-state index contributed by atoms with van der Waals surface area (Å²) in [4.78, 5) is 0. The van der Waals surface area contributed by atoms with E-state index in [9.17, 15) is 5.11 Å². The van der Waals surface area contributed by atoms with Crippen molar-refractivity contribution in [2.75, 3.05) is 13.2 Å². The Labute approximate surface area is 146 Å². The van der Waals surface area contributed by atoms with Gasteiger partial charge in [-0.05, 0) is 27.9 Å². The minimum absolute atomic E-state index is 0.0172. The van der Waals surface area contributed by atoms with Crippen LogP contribution in [0.1, 0.15) is 27.7 Å². The molecule has 0 saturated carbocycles. The van der Waals surface area contributed by atoms with Crippen molar-refractivity contribution >= 4 is 18.7 Å². The fourth-order valence-electron chi connectivity index (χ4n) is 3.14. The van der Waals surface area contributed by atoms with E-state index in [2.05, 4.69) is 69.3 Å². The second-order valence-electron chi connectivity index (χ2n) is 7.18. The van der Waals surface area contributed by atoms with E-state index in [-0.39, 0.29) is 11.6 Å². The number of benzene rings is 2. The fraction of sp³-hybridized carbons (Fsp3) is 0.333. The summed E-state index contributed by atoms with van der Waals surface area (Å²) in [7, 11) is -2.46. The van der Waals surface area contributed by atoms with E-state index >= 15 is 0 Å². The molecular weight excluding hydrogens is 312 g/mol. The van der Waals surface area contributed by atoms with Gasteiger partial charge in [0, 0.05) is 0 Å². The Balaban J connectivity index is 2.57. The highest BCUT2D eigenvalue weighted by molar-refractivity contribution is 6.99. The number of rotatable bonds is 6. The van der Waals surface area contributed by atoms with Crippen molar-refractivity contribution in [3.63, 3.8) is 0 Å². The van der Waals surface area contributed by atoms with Crippen molar-refractivity contribution in [1.29, 1.82) is 0 Å². The summed E-state index contributed by atoms with van der Waals surface area (Å²) in [5.41, 5.74) is 0.938. The van der Waals surface area contributed by atoms with Gasteiger partial charge in [0.2, 0.25) is 0 Å². The summed E-state index contributed by atoms with van der Waals surface area (Å²) < 4.78 is 6.69. The molecule has 0 bridgehead atoms. The van der Waals surface area contributed by atoms with E-state index in [0.717, 1.165) is 5.57 Å². The molecule has 0 fully saturated rings. The minimum atomic E-state index is -2.46. The molecule has 0 unspecified atom stereocenters. The van der Waals surface area contributed by atoms with Crippen molar-refractivity contribution < 1.29 is 9.53 Å². The average molecular weight is 341 g/mol. The van der Waals surface area contributed by atoms with Gasteiger partial charge < -0.3 is 9.53 Å². The van der Waals surface area contributed by atoms with Gasteiger partial charge in [-0.15, -0.1) is 0 Å². The Hall–Kier alpha value is -1.68. The van der Waals surface area contributed by atoms with Crippen molar-refractivity contribution in [2.45, 2.75) is 32.7 Å². The second kappa shape index (κ2) is 7.93. The Morgan fingerprint density at radius 1 is 0.958 bits per heavy atom. The molecule has 0 spiro atoms. The molecule has 2 rings (SSSR count). The molecule has 1 N–H and O–H groups in total. The van der Waals surface area contributed by atoms with Crippen LogP contribution in [0.2, 0.25) is 5.04 Å². The van der Waals surface area contributed by atoms with Gasteiger partial charge >= 0.3 is 0 Å². The standard InChI is InChI=1S/C21H28O2Si/c1-18(17-22)15-16-23-24(21(2,3)4,19-11-7-5-8-12-19)20-13-9-6-10-14-20/h5-15,22H,16-17H2,1-4H3. The van der Waals surface area contributed by atoms with E-state index in [4.69, 9.17) is 4.43 Å². The van der Waals surface area contributed by atoms with Gasteiger partial charge in [0.1, 0.15) is 0 Å². The Morgan fingerprint density at radius 2 is 1.42 bits per heavy atom. The molecular formula is C21H28O2Si. The molecule has 0 aliphatic carbocycles. The third kappa shape index (κ3) is 3.86. The van der Waals surface area contributed by atoms with Crippen LogP contribution in [0.3, 0.4) is 0 Å². The van der Waals surface area contributed by atoms with Crippen LogP contribution in [-0.4, -0.2) is 26.6 Å². The third-order valence-electron chi connectivity index (χ3n) is 4.40. The van der Waals surface area contributed by atoms with Gasteiger partial charge in [-0.25, -0.2) is 0 Å². The summed E-state index contributed by atoms with van der Waals surface area (Å²) in [5.74, 6) is 0. The quantitative estimate of drug-likeness (QED) is 0.644. The van der Waals surface area contributed by atoms with E-state index in [1.807, 2.05) is 25.1 Å². The first-order valence-electron chi connectivity index (χ1n) is 8.43. The normalized spacial score (nSPS) is 13.1. The van der Waals surface area contributed by atoms with Crippen LogP contribution in [-0.2, 0) is 4.43 Å². The minimum Gasteiger partial charge on any atom is -0.404 e. The fourth-order valence-corrected chi connectivity index (χ4v) is 7.62. The monoisotopic (exact) mass is 340 g/mol. The molecule has 0 aliphatic heterocycles. The zero-order chi connectivity index (χ0) is 17.6. The highest BCUT2D eigenvalue weighted by Gasteiger charge is 2.49. The first-order chi connectivity index (χ1) is 11.4. The van der Waals surface area contributed by atoms with Gasteiger partial charge in [0.15, 0.2) is 0 Å². The zero-order valence-corrected chi connectivity index (χ0v) is 16.1. The maximum Gasteiger partial charge on any atom is 0.261 e. The Kier molecular flexibility index (Phi) is 6.16. The van der Waals surface area contributed by atoms with E-state index in [1.165, 1.54) is 10.4 Å². The molecule has 0 heterocycles. The summed E-state index contributed by atoms with van der Waals surface area (Å²) in [6.45, 7) is 9.31. The first-order valence-corrected chi connectivity index (χ1v) is 10.3. The van der Waals surface area contributed by atoms with Gasteiger partial charge in [-0.2, -0.15) is 0 Å². The van der Waals surface area contributed by atoms with E-state index < -0.39 is 8.32 Å². The molecule has 0 amide bonds. The maximum atomic E-state index is 9.25. The molecule has 2 nitrogen and oxygen atoms in total. The predicted molar refractivity (Wildman–Crippen MR) is 104 cm³/mol. The molecule has 0 aliphatic rings. The first kappa shape index (κ1) is 18.7. The lowest BCUT2D eigenvalue weighted by Gasteiger charge is -2.42. The molecule has 3 heteroatoms. The molecule has 2 aromatic carbocycles. The highest BCUT2D eigenvalue weighted by atomic mass is 28.4. The van der Waals surface area contributed by atoms with Crippen LogP contribution in [0.4, 0.5) is 0 Å². The van der Waals surface area contributed by atoms with Gasteiger partial charge in [-0.1, -0.05) is 87.5 Å². The topological polar surface area (TPSA) is 29.5 Å². The molecule has 0 aromatic heterocycles. The summed E-state index contributed by atoms with van der Waals surface area (Å²) in [6, 6.07) is 21.2. The lowest BCUT2D eigenvalue weighted by atomic mass is 10.2. The molecule has 2 aromatic rings. The van der Waals surface area contributed by atoms with Gasteiger partial charge in [-0.3, -0.25) is 0 Å². The van der Waals surface area contributed by atoms with E-state index in [1.54, 1.807) is 0 Å². The molecule has 0 atom stereocenters. The van der Waals surface area contributed by atoms with Crippen molar-refractivity contribution in [1.82, 2.24) is 0 Å². The zero-order valence-electron chi connectivity index (χ0n) is 15.1. The molecule has 24 heavy (non-hydrogen) atoms. The van der Waals surface area contributed by atoms with Crippen LogP contribution in [0.25, 0.3) is 0 Å². The lowest BCUT2D eigenvalue weighted by molar-refractivity contribution is 0.320. The maximum absolute atomic E-state index is 9.25. The smallest absolute Gasteiger partial charge is 0.261 e. The van der Waals surface area contributed by atoms with Crippen molar-refractivity contribution in [2.24, 2.45) is 0 Å². The van der Waals surface area contributed by atoms with Gasteiger partial charge in [0.05, 0.1) is 13.2 Å². The number of hydrogen-bond acceptors (Lipinski definition) is 2. The van der Waals surface area contributed by atoms with Crippen LogP contribution in [0, 0.1) is 0 Å². The predicted octanol–water partition coefficient (Wildman–Crippen LogP) is 3.50. The number of aliphatic hydroxyl groups excluding tert-OH is 1. The summed E-state index contributed by atoms with van der Waals surface area (Å²) in [6.07, 6.45) is 1.99. The van der Waals surface area contributed by atoms with Crippen molar-refractivity contribution in [3.05, 3.63) is 72.3 Å².